The molecule has 0 aromatic heterocycles. The molecule has 0 saturated carbocycles. The number of nitrogens with zero attached hydrogens (tertiary/aromatic N) is 1. The van der Waals surface area contributed by atoms with Crippen LogP contribution in [-0.2, 0) is 9.59 Å². The highest BCUT2D eigenvalue weighted by molar-refractivity contribution is 8.00. The lowest BCUT2D eigenvalue weighted by Gasteiger charge is -2.06. The van der Waals surface area contributed by atoms with Gasteiger partial charge in [0.15, 0.2) is 6.04 Å². The summed E-state index contributed by atoms with van der Waals surface area (Å²) >= 11 is 0.979. The van der Waals surface area contributed by atoms with Gasteiger partial charge in [0.25, 0.3) is 0 Å². The van der Waals surface area contributed by atoms with E-state index >= 15 is 0 Å². The van der Waals surface area contributed by atoms with Gasteiger partial charge in [0.1, 0.15) is 0 Å². The second-order valence-corrected chi connectivity index (χ2v) is 5.11. The molecule has 1 atom stereocenters. The van der Waals surface area contributed by atoms with Crippen molar-refractivity contribution in [1.82, 2.24) is 0 Å². The lowest BCUT2D eigenvalue weighted by molar-refractivity contribution is -0.138. The fourth-order valence-electron chi connectivity index (χ4n) is 1.37. The minimum absolute atomic E-state index is 0.0611. The average molecular weight is 311 g/mol. The van der Waals surface area contributed by atoms with E-state index in [4.69, 9.17) is 20.3 Å². The molecule has 9 heteroatoms. The van der Waals surface area contributed by atoms with Crippen molar-refractivity contribution in [2.45, 2.75) is 6.04 Å². The Balaban J connectivity index is 2.65. The highest BCUT2D eigenvalue weighted by atomic mass is 32.2. The number of carbonyl (C=O) groups is 2. The number of aliphatic carboxylic acids is 2. The second kappa shape index (κ2) is 8.45. The molecular formula is C12H14BNO6S. The van der Waals surface area contributed by atoms with Crippen LogP contribution in [0.1, 0.15) is 5.56 Å². The second-order valence-electron chi connectivity index (χ2n) is 4.08. The Morgan fingerprint density at radius 2 is 1.86 bits per heavy atom. The summed E-state index contributed by atoms with van der Waals surface area (Å²) in [7, 11) is -1.56. The molecule has 0 aliphatic rings. The van der Waals surface area contributed by atoms with Crippen molar-refractivity contribution in [1.29, 1.82) is 0 Å². The smallest absolute Gasteiger partial charge is 0.481 e. The number of hydrogen-bond donors (Lipinski definition) is 4. The van der Waals surface area contributed by atoms with Crippen molar-refractivity contribution < 1.29 is 29.9 Å². The summed E-state index contributed by atoms with van der Waals surface area (Å²) < 4.78 is 0. The Kier molecular flexibility index (Phi) is 6.93. The summed E-state index contributed by atoms with van der Waals surface area (Å²) in [6.07, 6.45) is 1.35. The quantitative estimate of drug-likeness (QED) is 0.360. The van der Waals surface area contributed by atoms with Gasteiger partial charge >= 0.3 is 19.1 Å². The number of carboxylic acids is 2. The van der Waals surface area contributed by atoms with Crippen LogP contribution in [0.15, 0.2) is 29.3 Å². The van der Waals surface area contributed by atoms with Crippen molar-refractivity contribution in [3.63, 3.8) is 0 Å². The van der Waals surface area contributed by atoms with Crippen molar-refractivity contribution in [2.75, 3.05) is 11.5 Å². The summed E-state index contributed by atoms with van der Waals surface area (Å²) in [4.78, 5) is 25.3. The van der Waals surface area contributed by atoms with Crippen LogP contribution < -0.4 is 5.46 Å². The van der Waals surface area contributed by atoms with Crippen molar-refractivity contribution in [3.05, 3.63) is 29.8 Å². The lowest BCUT2D eigenvalue weighted by Crippen LogP contribution is -2.29. The van der Waals surface area contributed by atoms with Gasteiger partial charge in [0.05, 0.1) is 5.75 Å². The van der Waals surface area contributed by atoms with E-state index < -0.39 is 25.1 Å². The van der Waals surface area contributed by atoms with Gasteiger partial charge in [-0.15, -0.1) is 11.8 Å². The minimum atomic E-state index is -1.56. The maximum absolute atomic E-state index is 11.0. The van der Waals surface area contributed by atoms with Crippen LogP contribution in [0.4, 0.5) is 0 Å². The van der Waals surface area contributed by atoms with E-state index in [1.54, 1.807) is 12.1 Å². The van der Waals surface area contributed by atoms with Gasteiger partial charge in [0, 0.05) is 12.0 Å². The standard InChI is InChI=1S/C12H14BNO6S/c15-11(16)7-21-6-10(12(17)18)14-5-8-1-3-9(4-2-8)13(19)20/h1-5,10,19-20H,6-7H2,(H,15,16)(H,17,18)/t10-/m0/s1. The number of thioether (sulfide) groups is 1. The van der Waals surface area contributed by atoms with E-state index in [2.05, 4.69) is 4.99 Å². The molecule has 0 heterocycles. The van der Waals surface area contributed by atoms with Gasteiger partial charge in [-0.1, -0.05) is 24.3 Å². The zero-order valence-electron chi connectivity index (χ0n) is 10.9. The SMILES string of the molecule is O=C(O)CSC[C@H](N=Cc1ccc(B(O)O)cc1)C(=O)O. The maximum atomic E-state index is 11.0. The predicted molar refractivity (Wildman–Crippen MR) is 80.2 cm³/mol. The van der Waals surface area contributed by atoms with E-state index in [0.717, 1.165) is 11.8 Å². The first-order valence-electron chi connectivity index (χ1n) is 5.91. The van der Waals surface area contributed by atoms with Crippen LogP contribution in [0.25, 0.3) is 0 Å². The zero-order chi connectivity index (χ0) is 15.8. The molecule has 1 aromatic rings. The van der Waals surface area contributed by atoms with E-state index in [9.17, 15) is 9.59 Å². The lowest BCUT2D eigenvalue weighted by atomic mass is 9.80. The number of aliphatic imine (C=N–C) groups is 1. The first-order valence-corrected chi connectivity index (χ1v) is 7.07. The molecule has 112 valence electrons. The zero-order valence-corrected chi connectivity index (χ0v) is 11.7. The number of hydrogen-bond acceptors (Lipinski definition) is 6. The normalized spacial score (nSPS) is 12.3. The molecule has 1 rings (SSSR count). The molecule has 0 fully saturated rings. The summed E-state index contributed by atoms with van der Waals surface area (Å²) in [5, 5.41) is 35.4. The monoisotopic (exact) mass is 311 g/mol. The first kappa shape index (κ1) is 17.2. The highest BCUT2D eigenvalue weighted by Crippen LogP contribution is 2.06. The van der Waals surface area contributed by atoms with Crippen molar-refractivity contribution in [2.24, 2.45) is 4.99 Å². The molecule has 0 aliphatic heterocycles. The third-order valence-corrected chi connectivity index (χ3v) is 3.43. The molecule has 4 N–H and O–H groups in total. The summed E-state index contributed by atoms with van der Waals surface area (Å²) in [5.74, 6) is -2.26. The van der Waals surface area contributed by atoms with Crippen LogP contribution in [0.2, 0.25) is 0 Å². The van der Waals surface area contributed by atoms with Gasteiger partial charge in [-0.05, 0) is 11.0 Å². The van der Waals surface area contributed by atoms with Crippen LogP contribution in [-0.4, -0.2) is 63.1 Å². The van der Waals surface area contributed by atoms with Gasteiger partial charge in [-0.25, -0.2) is 4.79 Å². The fraction of sp³-hybridized carbons (Fsp3) is 0.250. The van der Waals surface area contributed by atoms with Crippen molar-refractivity contribution >= 4 is 42.5 Å². The molecule has 1 aromatic carbocycles. The highest BCUT2D eigenvalue weighted by Gasteiger charge is 2.16. The third kappa shape index (κ3) is 6.43. The third-order valence-electron chi connectivity index (χ3n) is 2.42. The predicted octanol–water partition coefficient (Wildman–Crippen LogP) is -0.944. The summed E-state index contributed by atoms with van der Waals surface area (Å²) in [6, 6.07) is 5.09. The first-order chi connectivity index (χ1) is 9.90. The van der Waals surface area contributed by atoms with E-state index in [-0.39, 0.29) is 11.5 Å². The number of rotatable bonds is 8. The summed E-state index contributed by atoms with van der Waals surface area (Å²) in [6.45, 7) is 0. The Bertz CT molecular complexity index is 519. The Morgan fingerprint density at radius 1 is 1.24 bits per heavy atom. The molecule has 0 amide bonds. The van der Waals surface area contributed by atoms with E-state index in [0.29, 0.717) is 11.0 Å². The molecule has 0 spiro atoms. The van der Waals surface area contributed by atoms with Crippen LogP contribution in [0.5, 0.6) is 0 Å². The molecule has 0 bridgehead atoms. The van der Waals surface area contributed by atoms with Crippen LogP contribution in [0.3, 0.4) is 0 Å². The molecule has 7 nitrogen and oxygen atoms in total. The molecule has 0 unspecified atom stereocenters. The average Bonchev–Trinajstić information content (AvgIpc) is 2.42. The van der Waals surface area contributed by atoms with E-state index in [1.807, 2.05) is 0 Å². The van der Waals surface area contributed by atoms with Crippen LogP contribution in [0, 0.1) is 0 Å². The van der Waals surface area contributed by atoms with Crippen molar-refractivity contribution in [3.8, 4) is 0 Å². The molecule has 0 radical (unpaired) electrons. The van der Waals surface area contributed by atoms with Gasteiger partial charge < -0.3 is 20.3 Å². The maximum Gasteiger partial charge on any atom is 0.488 e. The largest absolute Gasteiger partial charge is 0.488 e. The van der Waals surface area contributed by atoms with Gasteiger partial charge in [0.2, 0.25) is 0 Å². The molecular weight excluding hydrogens is 297 g/mol. The Morgan fingerprint density at radius 3 is 2.33 bits per heavy atom. The molecule has 21 heavy (non-hydrogen) atoms. The Hall–Kier alpha value is -1.84. The molecule has 0 aliphatic carbocycles. The summed E-state index contributed by atoms with van der Waals surface area (Å²) in [5.41, 5.74) is 0.924. The number of carboxylic acid groups (broad SMARTS) is 2. The number of benzene rings is 1. The van der Waals surface area contributed by atoms with E-state index in [1.165, 1.54) is 18.3 Å². The Labute approximate surface area is 125 Å². The van der Waals surface area contributed by atoms with Gasteiger partial charge in [-0.2, -0.15) is 0 Å². The fourth-order valence-corrected chi connectivity index (χ4v) is 2.11. The van der Waals surface area contributed by atoms with Crippen LogP contribution >= 0.6 is 11.8 Å². The minimum Gasteiger partial charge on any atom is -0.481 e. The van der Waals surface area contributed by atoms with Gasteiger partial charge in [-0.3, -0.25) is 9.79 Å². The topological polar surface area (TPSA) is 127 Å². The molecule has 0 saturated heterocycles.